The lowest BCUT2D eigenvalue weighted by atomic mass is 10.1. The molecule has 0 spiro atoms. The van der Waals surface area contributed by atoms with Crippen molar-refractivity contribution in [1.82, 2.24) is 20.4 Å². The number of nitrogens with zero attached hydrogens (tertiary/aromatic N) is 4. The van der Waals surface area contributed by atoms with Gasteiger partial charge in [0.1, 0.15) is 0 Å². The molecular weight excluding hydrogens is 596 g/mol. The lowest BCUT2D eigenvalue weighted by molar-refractivity contribution is -0.137. The molecule has 0 bridgehead atoms. The van der Waals surface area contributed by atoms with Gasteiger partial charge in [-0.1, -0.05) is 46.6 Å². The van der Waals surface area contributed by atoms with Crippen molar-refractivity contribution in [1.29, 1.82) is 0 Å². The average Bonchev–Trinajstić information content (AvgIpc) is 3.38. The van der Waals surface area contributed by atoms with Crippen molar-refractivity contribution in [3.8, 4) is 0 Å². The fourth-order valence-electron chi connectivity index (χ4n) is 3.59. The molecule has 42 heavy (non-hydrogen) atoms. The van der Waals surface area contributed by atoms with Crippen molar-refractivity contribution < 1.29 is 27.9 Å². The predicted octanol–water partition coefficient (Wildman–Crippen LogP) is 5.51. The fraction of sp³-hybridized carbons (Fsp3) is 0.179. The Kier molecular flexibility index (Phi) is 11.6. The molecule has 4 rings (SSSR count). The zero-order valence-corrected chi connectivity index (χ0v) is 23.6. The Labute approximate surface area is 249 Å². The van der Waals surface area contributed by atoms with Crippen molar-refractivity contribution >= 4 is 47.4 Å². The van der Waals surface area contributed by atoms with Gasteiger partial charge >= 0.3 is 6.18 Å². The number of hydrogen-bond acceptors (Lipinski definition) is 6. The van der Waals surface area contributed by atoms with Crippen molar-refractivity contribution in [2.75, 3.05) is 11.9 Å². The first-order valence-corrected chi connectivity index (χ1v) is 13.0. The number of hydrazone groups is 1. The molecule has 1 heterocycles. The molecule has 0 aliphatic rings. The summed E-state index contributed by atoms with van der Waals surface area (Å²) < 4.78 is 38.9. The Morgan fingerprint density at radius 2 is 1.90 bits per heavy atom. The van der Waals surface area contributed by atoms with Crippen LogP contribution in [0.4, 0.5) is 18.9 Å². The van der Waals surface area contributed by atoms with Crippen LogP contribution in [0.3, 0.4) is 0 Å². The van der Waals surface area contributed by atoms with Crippen LogP contribution in [-0.2, 0) is 23.9 Å². The van der Waals surface area contributed by atoms with E-state index >= 15 is 0 Å². The number of aliphatic hydroxyl groups is 1. The molecule has 0 aliphatic heterocycles. The first kappa shape index (κ1) is 32.3. The van der Waals surface area contributed by atoms with E-state index in [4.69, 9.17) is 28.3 Å². The minimum Gasteiger partial charge on any atom is -0.396 e. The molecule has 0 radical (unpaired) electrons. The van der Waals surface area contributed by atoms with E-state index in [9.17, 15) is 22.8 Å². The number of aryl methyl sites for hydroxylation is 1. The maximum atomic E-state index is 12.5. The van der Waals surface area contributed by atoms with Gasteiger partial charge in [0, 0.05) is 35.5 Å². The highest BCUT2D eigenvalue weighted by Gasteiger charge is 2.33. The molecule has 0 unspecified atom stereocenters. The monoisotopic (exact) mass is 620 g/mol. The van der Waals surface area contributed by atoms with Crippen LogP contribution < -0.4 is 10.7 Å². The number of anilines is 1. The van der Waals surface area contributed by atoms with E-state index in [0.717, 1.165) is 40.9 Å². The number of benzene rings is 3. The predicted molar refractivity (Wildman–Crippen MR) is 154 cm³/mol. The van der Waals surface area contributed by atoms with Crippen LogP contribution in [0.25, 0.3) is 0 Å². The summed E-state index contributed by atoms with van der Waals surface area (Å²) >= 11 is 11.4. The molecular formula is C28H25Cl2F3N6O3. The number of hydrogen-bond donors (Lipinski definition) is 3. The van der Waals surface area contributed by atoms with Crippen LogP contribution in [0.5, 0.6) is 0 Å². The normalized spacial score (nSPS) is 11.1. The molecule has 0 saturated heterocycles. The lowest BCUT2D eigenvalue weighted by Gasteiger charge is -2.10. The van der Waals surface area contributed by atoms with Crippen molar-refractivity contribution in [2.24, 2.45) is 5.10 Å². The zero-order chi connectivity index (χ0) is 30.7. The Hall–Kier alpha value is -4.26. The van der Waals surface area contributed by atoms with Crippen LogP contribution in [0.15, 0.2) is 72.0 Å². The summed E-state index contributed by atoms with van der Waals surface area (Å²) in [6.07, 6.45) is -0.862. The fourth-order valence-corrected chi connectivity index (χ4v) is 4.04. The van der Waals surface area contributed by atoms with Gasteiger partial charge in [0.2, 0.25) is 6.41 Å². The Morgan fingerprint density at radius 1 is 1.12 bits per heavy atom. The van der Waals surface area contributed by atoms with Crippen LogP contribution in [0, 0.1) is 6.92 Å². The maximum Gasteiger partial charge on any atom is 0.417 e. The highest BCUT2D eigenvalue weighted by molar-refractivity contribution is 6.31. The topological polar surface area (TPSA) is 122 Å². The molecule has 0 fully saturated rings. The van der Waals surface area contributed by atoms with E-state index in [2.05, 4.69) is 20.7 Å². The third-order valence-corrected chi connectivity index (χ3v) is 6.13. The first-order valence-electron chi connectivity index (χ1n) is 12.3. The summed E-state index contributed by atoms with van der Waals surface area (Å²) in [5.41, 5.74) is 5.06. The van der Waals surface area contributed by atoms with Gasteiger partial charge in [-0.25, -0.2) is 10.1 Å². The third-order valence-electron chi connectivity index (χ3n) is 5.56. The standard InChI is InChI=1S/C19H19ClN4O2.C9H6ClF3N2O/c1-13-9-16(20)5-6-18(13)21-19(26)15-4-2-3-14(10-15)11-24-12-17(7-8-25)22-23-24;10-8-2-1-6(4-14-15-5-16)3-7(8)9(11,12)13/h2-6,9-10,12,25H,7-8,11H2,1H3,(H,21,26);1-5H,(H,15,16)/b;14-4+. The summed E-state index contributed by atoms with van der Waals surface area (Å²) in [6, 6.07) is 16.0. The smallest absolute Gasteiger partial charge is 0.396 e. The summed E-state index contributed by atoms with van der Waals surface area (Å²) in [7, 11) is 0. The van der Waals surface area contributed by atoms with Gasteiger partial charge in [-0.2, -0.15) is 18.3 Å². The van der Waals surface area contributed by atoms with Gasteiger partial charge in [0.25, 0.3) is 5.91 Å². The molecule has 4 aromatic rings. The molecule has 14 heteroatoms. The number of aliphatic hydroxyl groups excluding tert-OH is 1. The maximum absolute atomic E-state index is 12.5. The number of alkyl halides is 3. The minimum atomic E-state index is -4.51. The van der Waals surface area contributed by atoms with Crippen LogP contribution in [-0.4, -0.2) is 45.2 Å². The number of carbonyl (C=O) groups excluding carboxylic acids is 2. The van der Waals surface area contributed by atoms with Crippen molar-refractivity contribution in [3.63, 3.8) is 0 Å². The van der Waals surface area contributed by atoms with Gasteiger partial charge in [-0.05, 0) is 66.1 Å². The van der Waals surface area contributed by atoms with Crippen LogP contribution >= 0.6 is 23.2 Å². The number of aromatic nitrogens is 3. The van der Waals surface area contributed by atoms with Crippen LogP contribution in [0.2, 0.25) is 10.0 Å². The molecule has 3 aromatic carbocycles. The summed E-state index contributed by atoms with van der Waals surface area (Å²) in [6.45, 7) is 2.44. The second kappa shape index (κ2) is 15.1. The van der Waals surface area contributed by atoms with Gasteiger partial charge in [-0.15, -0.1) is 5.10 Å². The van der Waals surface area contributed by atoms with E-state index in [1.807, 2.05) is 36.6 Å². The first-order chi connectivity index (χ1) is 20.0. The summed E-state index contributed by atoms with van der Waals surface area (Å²) in [5.74, 6) is -0.183. The van der Waals surface area contributed by atoms with E-state index in [0.29, 0.717) is 30.0 Å². The number of halogens is 5. The minimum absolute atomic E-state index is 0.0401. The summed E-state index contributed by atoms with van der Waals surface area (Å²) in [5, 5.41) is 23.5. The van der Waals surface area contributed by atoms with Gasteiger partial charge < -0.3 is 10.4 Å². The molecule has 1 aromatic heterocycles. The molecule has 3 N–H and O–H groups in total. The number of rotatable bonds is 9. The van der Waals surface area contributed by atoms with Gasteiger partial charge in [0.05, 0.1) is 29.0 Å². The van der Waals surface area contributed by atoms with E-state index in [-0.39, 0.29) is 23.1 Å². The van der Waals surface area contributed by atoms with Crippen molar-refractivity contribution in [3.05, 3.63) is 110 Å². The lowest BCUT2D eigenvalue weighted by Crippen LogP contribution is -2.13. The van der Waals surface area contributed by atoms with E-state index < -0.39 is 11.7 Å². The van der Waals surface area contributed by atoms with Crippen LogP contribution in [0.1, 0.15) is 38.3 Å². The van der Waals surface area contributed by atoms with Crippen molar-refractivity contribution in [2.45, 2.75) is 26.1 Å². The van der Waals surface area contributed by atoms with E-state index in [1.54, 1.807) is 29.1 Å². The molecule has 0 atom stereocenters. The van der Waals surface area contributed by atoms with Gasteiger partial charge in [-0.3, -0.25) is 9.59 Å². The SMILES string of the molecule is Cc1cc(Cl)ccc1NC(=O)c1cccc(Cn2cc(CCO)nn2)c1.O=CN/N=C/c1ccc(Cl)c(C(F)(F)F)c1. The second-order valence-electron chi connectivity index (χ2n) is 8.74. The average molecular weight is 621 g/mol. The quantitative estimate of drug-likeness (QED) is 0.129. The molecule has 0 saturated carbocycles. The second-order valence-corrected chi connectivity index (χ2v) is 9.58. The largest absolute Gasteiger partial charge is 0.417 e. The Balaban J connectivity index is 0.000000260. The molecule has 0 aliphatic carbocycles. The number of carbonyl (C=O) groups is 2. The third kappa shape index (κ3) is 9.68. The summed E-state index contributed by atoms with van der Waals surface area (Å²) in [4.78, 5) is 22.4. The molecule has 2 amide bonds. The highest BCUT2D eigenvalue weighted by atomic mass is 35.5. The van der Waals surface area contributed by atoms with E-state index in [1.165, 1.54) is 6.07 Å². The number of amides is 2. The highest BCUT2D eigenvalue weighted by Crippen LogP contribution is 2.34. The van der Waals surface area contributed by atoms with Gasteiger partial charge in [0.15, 0.2) is 0 Å². The molecule has 9 nitrogen and oxygen atoms in total. The molecule has 220 valence electrons. The Morgan fingerprint density at radius 3 is 2.60 bits per heavy atom. The zero-order valence-electron chi connectivity index (χ0n) is 22.1. The Bertz CT molecular complexity index is 1560. The number of nitrogens with one attached hydrogen (secondary N) is 2.